The summed E-state index contributed by atoms with van der Waals surface area (Å²) in [5.41, 5.74) is 5.71. The van der Waals surface area contributed by atoms with E-state index in [1.54, 1.807) is 24.1 Å². The van der Waals surface area contributed by atoms with Crippen LogP contribution >= 0.6 is 0 Å². The number of carbonyl (C=O) groups excluding carboxylic acids is 2. The highest BCUT2D eigenvalue weighted by Crippen LogP contribution is 2.40. The fourth-order valence-electron chi connectivity index (χ4n) is 5.44. The molecule has 13 heteroatoms. The molecule has 2 N–H and O–H groups in total. The van der Waals surface area contributed by atoms with Crippen LogP contribution in [0.2, 0.25) is 0 Å². The van der Waals surface area contributed by atoms with Crippen molar-refractivity contribution in [1.29, 1.82) is 0 Å². The Kier molecular flexibility index (Phi) is 9.65. The lowest BCUT2D eigenvalue weighted by Crippen LogP contribution is -2.48. The molecule has 0 aliphatic carbocycles. The third-order valence-corrected chi connectivity index (χ3v) is 7.84. The minimum absolute atomic E-state index is 0.168. The van der Waals surface area contributed by atoms with Crippen molar-refractivity contribution in [2.45, 2.75) is 27.3 Å². The molecule has 3 amide bonds. The SMILES string of the molecule is CCONC(=O)c1cc(OC)cc(N2Cc3cnc(Nc4ccc(N5CCN(CC)CC5)cc4)nc3N(CC)C2=O)c1OC. The van der Waals surface area contributed by atoms with Crippen molar-refractivity contribution in [1.82, 2.24) is 20.3 Å². The summed E-state index contributed by atoms with van der Waals surface area (Å²) in [7, 11) is 2.94. The van der Waals surface area contributed by atoms with Crippen LogP contribution in [0.5, 0.6) is 11.5 Å². The topological polar surface area (TPSA) is 125 Å². The standard InChI is InChI=1S/C31H40N8O5/c1-6-36-13-15-37(16-14-36)23-11-9-22(10-12-23)33-30-32-19-21-20-39(31(41)38(7-2)28(21)34-30)26-18-24(42-4)17-25(27(26)43-5)29(40)35-44-8-3/h9-12,17-19H,6-8,13-16,20H2,1-5H3,(H,35,40)(H,32,33,34). The van der Waals surface area contributed by atoms with E-state index in [1.165, 1.54) is 30.9 Å². The number of nitrogens with zero attached hydrogens (tertiary/aromatic N) is 6. The quantitative estimate of drug-likeness (QED) is 0.310. The summed E-state index contributed by atoms with van der Waals surface area (Å²) in [6.07, 6.45) is 1.71. The second kappa shape index (κ2) is 13.8. The molecule has 2 aliphatic heterocycles. The first kappa shape index (κ1) is 30.8. The number of fused-ring (bicyclic) bond motifs is 1. The number of likely N-dealkylation sites (N-methyl/N-ethyl adjacent to an activating group) is 1. The molecule has 0 radical (unpaired) electrons. The lowest BCUT2D eigenvalue weighted by Gasteiger charge is -2.36. The number of benzene rings is 2. The zero-order valence-electron chi connectivity index (χ0n) is 25.9. The molecule has 0 bridgehead atoms. The third-order valence-electron chi connectivity index (χ3n) is 7.84. The van der Waals surface area contributed by atoms with Crippen LogP contribution in [0, 0.1) is 0 Å². The van der Waals surface area contributed by atoms with Gasteiger partial charge in [0.1, 0.15) is 11.6 Å². The zero-order chi connectivity index (χ0) is 31.2. The van der Waals surface area contributed by atoms with Crippen LogP contribution in [0.15, 0.2) is 42.6 Å². The summed E-state index contributed by atoms with van der Waals surface area (Å²) in [5, 5.41) is 3.28. The zero-order valence-corrected chi connectivity index (χ0v) is 25.9. The molecule has 0 atom stereocenters. The second-order valence-corrected chi connectivity index (χ2v) is 10.3. The molecule has 5 rings (SSSR count). The number of carbonyl (C=O) groups is 2. The van der Waals surface area contributed by atoms with Gasteiger partial charge in [-0.05, 0) is 50.7 Å². The molecule has 0 saturated carbocycles. The van der Waals surface area contributed by atoms with Gasteiger partial charge in [0, 0.05) is 61.9 Å². The van der Waals surface area contributed by atoms with E-state index in [0.29, 0.717) is 29.7 Å². The number of urea groups is 1. The van der Waals surface area contributed by atoms with Crippen LogP contribution in [0.1, 0.15) is 36.7 Å². The van der Waals surface area contributed by atoms with E-state index in [-0.39, 0.29) is 30.5 Å². The average molecular weight is 605 g/mol. The lowest BCUT2D eigenvalue weighted by atomic mass is 10.1. The number of aromatic nitrogens is 2. The Hall–Kier alpha value is -4.62. The molecule has 0 spiro atoms. The van der Waals surface area contributed by atoms with Gasteiger partial charge >= 0.3 is 6.03 Å². The number of amides is 3. The van der Waals surface area contributed by atoms with Crippen molar-refractivity contribution >= 4 is 40.8 Å². The molecule has 234 valence electrons. The fraction of sp³-hybridized carbons (Fsp3) is 0.419. The summed E-state index contributed by atoms with van der Waals surface area (Å²) in [5.74, 6) is 0.988. The Morgan fingerprint density at radius 2 is 1.73 bits per heavy atom. The fourth-order valence-corrected chi connectivity index (χ4v) is 5.44. The predicted octanol–water partition coefficient (Wildman–Crippen LogP) is 4.03. The van der Waals surface area contributed by atoms with Gasteiger partial charge in [-0.15, -0.1) is 0 Å². The van der Waals surface area contributed by atoms with Gasteiger partial charge in [0.15, 0.2) is 5.75 Å². The van der Waals surface area contributed by atoms with Crippen molar-refractivity contribution in [2.75, 3.05) is 80.1 Å². The average Bonchev–Trinajstić information content (AvgIpc) is 3.06. The Morgan fingerprint density at radius 3 is 2.36 bits per heavy atom. The first-order chi connectivity index (χ1) is 21.4. The van der Waals surface area contributed by atoms with Crippen LogP contribution in [-0.4, -0.2) is 86.9 Å². The van der Waals surface area contributed by atoms with E-state index in [0.717, 1.165) is 44.0 Å². The molecule has 2 aliphatic rings. The molecule has 0 unspecified atom stereocenters. The highest BCUT2D eigenvalue weighted by molar-refractivity contribution is 6.08. The van der Waals surface area contributed by atoms with Crippen LogP contribution < -0.4 is 35.0 Å². The molecular weight excluding hydrogens is 564 g/mol. The third kappa shape index (κ3) is 6.33. The highest BCUT2D eigenvalue weighted by atomic mass is 16.6. The Bertz CT molecular complexity index is 1480. The monoisotopic (exact) mass is 604 g/mol. The maximum atomic E-state index is 13.9. The van der Waals surface area contributed by atoms with Crippen LogP contribution in [0.25, 0.3) is 0 Å². The molecule has 1 fully saturated rings. The Balaban J connectivity index is 1.38. The molecular formula is C31H40N8O5. The molecule has 3 heterocycles. The molecule has 1 saturated heterocycles. The van der Waals surface area contributed by atoms with Gasteiger partial charge in [-0.3, -0.25) is 19.4 Å². The predicted molar refractivity (Wildman–Crippen MR) is 169 cm³/mol. The summed E-state index contributed by atoms with van der Waals surface area (Å²) in [4.78, 5) is 49.1. The van der Waals surface area contributed by atoms with Crippen molar-refractivity contribution in [3.05, 3.63) is 53.7 Å². The smallest absolute Gasteiger partial charge is 0.330 e. The van der Waals surface area contributed by atoms with Crippen molar-refractivity contribution in [2.24, 2.45) is 0 Å². The van der Waals surface area contributed by atoms with Gasteiger partial charge in [0.25, 0.3) is 5.91 Å². The maximum absolute atomic E-state index is 13.9. The summed E-state index contributed by atoms with van der Waals surface area (Å²) in [6.45, 7) is 11.9. The van der Waals surface area contributed by atoms with Crippen LogP contribution in [0.3, 0.4) is 0 Å². The molecule has 1 aromatic heterocycles. The van der Waals surface area contributed by atoms with Crippen LogP contribution in [0.4, 0.5) is 33.6 Å². The number of piperazine rings is 1. The number of methoxy groups -OCH3 is 2. The van der Waals surface area contributed by atoms with E-state index in [1.807, 2.05) is 19.1 Å². The van der Waals surface area contributed by atoms with Crippen molar-refractivity contribution in [3.8, 4) is 11.5 Å². The number of anilines is 5. The summed E-state index contributed by atoms with van der Waals surface area (Å²) >= 11 is 0. The van der Waals surface area contributed by atoms with E-state index in [9.17, 15) is 9.59 Å². The first-order valence-electron chi connectivity index (χ1n) is 14.9. The largest absolute Gasteiger partial charge is 0.497 e. The number of rotatable bonds is 11. The van der Waals surface area contributed by atoms with Crippen LogP contribution in [-0.2, 0) is 11.4 Å². The molecule has 13 nitrogen and oxygen atoms in total. The van der Waals surface area contributed by atoms with E-state index in [2.05, 4.69) is 44.6 Å². The molecule has 3 aromatic rings. The minimum Gasteiger partial charge on any atom is -0.497 e. The number of hydroxylamine groups is 1. The first-order valence-corrected chi connectivity index (χ1v) is 14.9. The van der Waals surface area contributed by atoms with Gasteiger partial charge in [-0.2, -0.15) is 4.98 Å². The lowest BCUT2D eigenvalue weighted by molar-refractivity contribution is 0.0362. The Morgan fingerprint density at radius 1 is 0.977 bits per heavy atom. The van der Waals surface area contributed by atoms with E-state index >= 15 is 0 Å². The summed E-state index contributed by atoms with van der Waals surface area (Å²) < 4.78 is 11.1. The number of hydrogen-bond donors (Lipinski definition) is 2. The number of ether oxygens (including phenoxy) is 2. The van der Waals surface area contributed by atoms with Gasteiger partial charge in [0.05, 0.1) is 38.6 Å². The van der Waals surface area contributed by atoms with Crippen molar-refractivity contribution < 1.29 is 23.9 Å². The number of hydrogen-bond acceptors (Lipinski definition) is 10. The minimum atomic E-state index is -0.521. The van der Waals surface area contributed by atoms with E-state index in [4.69, 9.17) is 19.3 Å². The highest BCUT2D eigenvalue weighted by Gasteiger charge is 2.35. The normalized spacial score (nSPS) is 15.2. The Labute approximate surface area is 257 Å². The van der Waals surface area contributed by atoms with Gasteiger partial charge in [-0.1, -0.05) is 6.92 Å². The van der Waals surface area contributed by atoms with Gasteiger partial charge < -0.3 is 24.6 Å². The van der Waals surface area contributed by atoms with E-state index < -0.39 is 5.91 Å². The molecule has 44 heavy (non-hydrogen) atoms. The summed E-state index contributed by atoms with van der Waals surface area (Å²) in [6, 6.07) is 11.1. The van der Waals surface area contributed by atoms with Gasteiger partial charge in [-0.25, -0.2) is 15.3 Å². The second-order valence-electron chi connectivity index (χ2n) is 10.3. The van der Waals surface area contributed by atoms with Crippen molar-refractivity contribution in [3.63, 3.8) is 0 Å². The molecule has 2 aromatic carbocycles. The van der Waals surface area contributed by atoms with Gasteiger partial charge in [0.2, 0.25) is 5.95 Å². The number of nitrogens with one attached hydrogen (secondary N) is 2. The maximum Gasteiger partial charge on any atom is 0.330 e.